The molecule has 0 spiro atoms. The molecule has 1 nitrogen and oxygen atoms in total. The minimum Gasteiger partial charge on any atom is -0.361 e. The Morgan fingerprint density at radius 3 is 3.00 bits per heavy atom. The van der Waals surface area contributed by atoms with Gasteiger partial charge in [-0.25, -0.2) is 4.39 Å². The summed E-state index contributed by atoms with van der Waals surface area (Å²) in [4.78, 5) is 2.93. The third kappa shape index (κ3) is 0.909. The molecule has 0 fully saturated rings. The number of nitrogens with one attached hydrogen (secondary N) is 1. The lowest BCUT2D eigenvalue weighted by molar-refractivity contribution is 0.629. The van der Waals surface area contributed by atoms with Crippen LogP contribution in [0, 0.1) is 12.7 Å². The maximum Gasteiger partial charge on any atom is 0.125 e. The Kier molecular flexibility index (Phi) is 1.22. The molecule has 1 heterocycles. The molecule has 2 heteroatoms. The van der Waals surface area contributed by atoms with Gasteiger partial charge in [-0.3, -0.25) is 0 Å². The van der Waals surface area contributed by atoms with Crippen molar-refractivity contribution < 1.29 is 4.39 Å². The van der Waals surface area contributed by atoms with Gasteiger partial charge < -0.3 is 4.98 Å². The molecule has 0 aliphatic carbocycles. The molecule has 0 atom stereocenters. The molecule has 11 heavy (non-hydrogen) atoms. The highest BCUT2D eigenvalue weighted by atomic mass is 19.1. The summed E-state index contributed by atoms with van der Waals surface area (Å²) < 4.78 is 12.6. The van der Waals surface area contributed by atoms with Gasteiger partial charge in [0.15, 0.2) is 0 Å². The van der Waals surface area contributed by atoms with Crippen LogP contribution in [-0.4, -0.2) is 4.98 Å². The first-order chi connectivity index (χ1) is 5.27. The maximum absolute atomic E-state index is 12.6. The quantitative estimate of drug-likeness (QED) is 0.590. The molecule has 1 radical (unpaired) electrons. The van der Waals surface area contributed by atoms with E-state index in [1.807, 2.05) is 0 Å². The Morgan fingerprint density at radius 1 is 1.36 bits per heavy atom. The van der Waals surface area contributed by atoms with Gasteiger partial charge in [-0.05, 0) is 30.7 Å². The minimum absolute atomic E-state index is 0.223. The number of benzene rings is 1. The number of aromatic nitrogens is 1. The van der Waals surface area contributed by atoms with E-state index in [-0.39, 0.29) is 5.82 Å². The van der Waals surface area contributed by atoms with E-state index in [2.05, 4.69) is 11.9 Å². The van der Waals surface area contributed by atoms with E-state index in [1.165, 1.54) is 12.1 Å². The molecule has 2 rings (SSSR count). The number of hydrogen-bond acceptors (Lipinski definition) is 0. The number of halogens is 1. The van der Waals surface area contributed by atoms with Crippen molar-refractivity contribution in [1.82, 2.24) is 4.98 Å². The lowest BCUT2D eigenvalue weighted by Gasteiger charge is -1.90. The van der Waals surface area contributed by atoms with Crippen LogP contribution in [0.4, 0.5) is 4.39 Å². The normalized spacial score (nSPS) is 10.7. The lowest BCUT2D eigenvalue weighted by atomic mass is 10.2. The molecule has 0 bridgehead atoms. The van der Waals surface area contributed by atoms with Gasteiger partial charge in [0, 0.05) is 17.1 Å². The summed E-state index contributed by atoms with van der Waals surface area (Å²) in [6.45, 7) is 3.78. The first-order valence-electron chi connectivity index (χ1n) is 3.36. The summed E-state index contributed by atoms with van der Waals surface area (Å²) in [5.74, 6) is -0.223. The van der Waals surface area contributed by atoms with Gasteiger partial charge in [0.25, 0.3) is 0 Å². The average Bonchev–Trinajstić information content (AvgIpc) is 2.32. The Bertz CT molecular complexity index is 389. The van der Waals surface area contributed by atoms with Crippen molar-refractivity contribution in [3.8, 4) is 0 Å². The van der Waals surface area contributed by atoms with E-state index < -0.39 is 0 Å². The Hall–Kier alpha value is -1.31. The average molecular weight is 148 g/mol. The summed E-state index contributed by atoms with van der Waals surface area (Å²) in [5.41, 5.74) is 1.70. The van der Waals surface area contributed by atoms with Crippen LogP contribution in [0.1, 0.15) is 5.56 Å². The van der Waals surface area contributed by atoms with Crippen LogP contribution < -0.4 is 0 Å². The molecule has 55 valence electrons. The van der Waals surface area contributed by atoms with E-state index in [4.69, 9.17) is 0 Å². The topological polar surface area (TPSA) is 15.8 Å². The van der Waals surface area contributed by atoms with Crippen LogP contribution >= 0.6 is 0 Å². The monoisotopic (exact) mass is 148 g/mol. The van der Waals surface area contributed by atoms with Crippen molar-refractivity contribution >= 4 is 10.9 Å². The predicted molar refractivity (Wildman–Crippen MR) is 42.7 cm³/mol. The number of aromatic amines is 1. The summed E-state index contributed by atoms with van der Waals surface area (Å²) in [6, 6.07) is 4.62. The zero-order valence-corrected chi connectivity index (χ0v) is 5.89. The molecule has 1 N–H and O–H groups in total. The molecule has 0 aliphatic rings. The number of hydrogen-bond donors (Lipinski definition) is 1. The fraction of sp³-hybridized carbons (Fsp3) is 0. The summed E-state index contributed by atoms with van der Waals surface area (Å²) in [5, 5.41) is 0.978. The van der Waals surface area contributed by atoms with Crippen LogP contribution in [-0.2, 0) is 0 Å². The largest absolute Gasteiger partial charge is 0.361 e. The minimum atomic E-state index is -0.223. The molecule has 2 aromatic rings. The van der Waals surface area contributed by atoms with Crippen LogP contribution in [0.2, 0.25) is 0 Å². The Balaban J connectivity index is 2.86. The zero-order chi connectivity index (χ0) is 7.84. The molecule has 0 aliphatic heterocycles. The second kappa shape index (κ2) is 2.09. The standard InChI is InChI=1S/C9H7FN/c1-6-5-11-9-4-7(10)2-3-8(6)9/h2-5,11H,1H2. The third-order valence-corrected chi connectivity index (χ3v) is 1.73. The van der Waals surface area contributed by atoms with Gasteiger partial charge in [0.05, 0.1) is 0 Å². The van der Waals surface area contributed by atoms with Gasteiger partial charge in [-0.2, -0.15) is 0 Å². The van der Waals surface area contributed by atoms with Gasteiger partial charge in [0.1, 0.15) is 5.82 Å². The van der Waals surface area contributed by atoms with Gasteiger partial charge >= 0.3 is 0 Å². The van der Waals surface area contributed by atoms with E-state index >= 15 is 0 Å². The Morgan fingerprint density at radius 2 is 2.18 bits per heavy atom. The molecule has 1 aromatic carbocycles. The summed E-state index contributed by atoms with van der Waals surface area (Å²) >= 11 is 0. The predicted octanol–water partition coefficient (Wildman–Crippen LogP) is 2.49. The maximum atomic E-state index is 12.6. The van der Waals surface area contributed by atoms with E-state index in [1.54, 1.807) is 12.3 Å². The van der Waals surface area contributed by atoms with E-state index in [0.29, 0.717) is 0 Å². The van der Waals surface area contributed by atoms with Crippen molar-refractivity contribution in [2.45, 2.75) is 0 Å². The molecular weight excluding hydrogens is 141 g/mol. The van der Waals surface area contributed by atoms with E-state index in [9.17, 15) is 4.39 Å². The van der Waals surface area contributed by atoms with Crippen molar-refractivity contribution in [3.63, 3.8) is 0 Å². The van der Waals surface area contributed by atoms with Crippen molar-refractivity contribution in [2.24, 2.45) is 0 Å². The fourth-order valence-corrected chi connectivity index (χ4v) is 1.16. The highest BCUT2D eigenvalue weighted by Crippen LogP contribution is 2.17. The van der Waals surface area contributed by atoms with Crippen molar-refractivity contribution in [3.05, 3.63) is 42.7 Å². The van der Waals surface area contributed by atoms with Crippen LogP contribution in [0.15, 0.2) is 24.4 Å². The van der Waals surface area contributed by atoms with E-state index in [0.717, 1.165) is 16.5 Å². The number of fused-ring (bicyclic) bond motifs is 1. The van der Waals surface area contributed by atoms with Gasteiger partial charge in [-0.1, -0.05) is 0 Å². The highest BCUT2D eigenvalue weighted by molar-refractivity contribution is 5.83. The fourth-order valence-electron chi connectivity index (χ4n) is 1.16. The van der Waals surface area contributed by atoms with Gasteiger partial charge in [-0.15, -0.1) is 0 Å². The van der Waals surface area contributed by atoms with Crippen LogP contribution in [0.3, 0.4) is 0 Å². The molecule has 1 aromatic heterocycles. The number of rotatable bonds is 0. The first-order valence-corrected chi connectivity index (χ1v) is 3.36. The second-order valence-corrected chi connectivity index (χ2v) is 2.50. The van der Waals surface area contributed by atoms with Crippen molar-refractivity contribution in [1.29, 1.82) is 0 Å². The second-order valence-electron chi connectivity index (χ2n) is 2.50. The van der Waals surface area contributed by atoms with Gasteiger partial charge in [0.2, 0.25) is 0 Å². The Labute approximate surface area is 63.9 Å². The third-order valence-electron chi connectivity index (χ3n) is 1.73. The zero-order valence-electron chi connectivity index (χ0n) is 5.89. The summed E-state index contributed by atoms with van der Waals surface area (Å²) in [6.07, 6.45) is 1.77. The molecule has 0 saturated heterocycles. The van der Waals surface area contributed by atoms with Crippen LogP contribution in [0.5, 0.6) is 0 Å². The number of H-pyrrole nitrogens is 1. The molecule has 0 unspecified atom stereocenters. The summed E-state index contributed by atoms with van der Waals surface area (Å²) in [7, 11) is 0. The molecule has 0 saturated carbocycles. The molecular formula is C9H7FN. The highest BCUT2D eigenvalue weighted by Gasteiger charge is 1.98. The first kappa shape index (κ1) is 6.40. The smallest absolute Gasteiger partial charge is 0.125 e. The SMILES string of the molecule is [CH2]c1c[nH]c2cc(F)ccc12. The van der Waals surface area contributed by atoms with Crippen molar-refractivity contribution in [2.75, 3.05) is 0 Å². The lowest BCUT2D eigenvalue weighted by Crippen LogP contribution is -1.72. The van der Waals surface area contributed by atoms with Crippen LogP contribution in [0.25, 0.3) is 10.9 Å². The molecule has 0 amide bonds.